The van der Waals surface area contributed by atoms with Gasteiger partial charge >= 0.3 is 0 Å². The van der Waals surface area contributed by atoms with E-state index in [1.54, 1.807) is 13.2 Å². The van der Waals surface area contributed by atoms with Crippen molar-refractivity contribution in [2.24, 2.45) is 0 Å². The van der Waals surface area contributed by atoms with Gasteiger partial charge in [0.25, 0.3) is 0 Å². The lowest BCUT2D eigenvalue weighted by molar-refractivity contribution is 0.414. The summed E-state index contributed by atoms with van der Waals surface area (Å²) in [5.41, 5.74) is 6.23. The van der Waals surface area contributed by atoms with Crippen molar-refractivity contribution in [2.75, 3.05) is 12.8 Å². The van der Waals surface area contributed by atoms with E-state index in [1.165, 1.54) is 0 Å². The zero-order chi connectivity index (χ0) is 7.56. The molecule has 62 valence electrons. The van der Waals surface area contributed by atoms with E-state index in [9.17, 15) is 0 Å². The van der Waals surface area contributed by atoms with Gasteiger partial charge < -0.3 is 10.5 Å². The van der Waals surface area contributed by atoms with Gasteiger partial charge in [0.05, 0.1) is 17.3 Å². The summed E-state index contributed by atoms with van der Waals surface area (Å²) in [4.78, 5) is 0. The first kappa shape index (κ1) is 10.6. The van der Waals surface area contributed by atoms with Crippen LogP contribution in [0.5, 0.6) is 5.75 Å². The number of hydrogen-bond acceptors (Lipinski definition) is 2. The molecule has 0 unspecified atom stereocenters. The van der Waals surface area contributed by atoms with Crippen LogP contribution in [-0.4, -0.2) is 7.11 Å². The van der Waals surface area contributed by atoms with Crippen LogP contribution in [0.2, 0.25) is 0 Å². The summed E-state index contributed by atoms with van der Waals surface area (Å²) in [7, 11) is 1.59. The number of benzene rings is 1. The number of rotatable bonds is 1. The molecule has 2 nitrogen and oxygen atoms in total. The number of halogens is 2. The molecule has 1 aromatic rings. The zero-order valence-corrected chi connectivity index (χ0v) is 8.41. The Morgan fingerprint density at radius 3 is 2.45 bits per heavy atom. The van der Waals surface area contributed by atoms with Crippen molar-refractivity contribution < 1.29 is 4.74 Å². The summed E-state index contributed by atoms with van der Waals surface area (Å²) >= 11 is 3.30. The largest absolute Gasteiger partial charge is 0.493 e. The molecule has 1 rings (SSSR count). The molecule has 0 saturated heterocycles. The fourth-order valence-electron chi connectivity index (χ4n) is 0.741. The Bertz CT molecular complexity index is 222. The van der Waals surface area contributed by atoms with E-state index in [4.69, 9.17) is 10.5 Å². The molecule has 11 heavy (non-hydrogen) atoms. The number of para-hydroxylation sites is 1. The summed E-state index contributed by atoms with van der Waals surface area (Å²) < 4.78 is 5.89. The minimum atomic E-state index is 0. The van der Waals surface area contributed by atoms with Crippen LogP contribution in [0.1, 0.15) is 0 Å². The van der Waals surface area contributed by atoms with Crippen LogP contribution in [0.25, 0.3) is 0 Å². The standard InChI is InChI=1S/C7H8BrNO.ClH/c1-10-7-5(8)3-2-4-6(7)9;/h2-4H,9H2,1H3;1H. The molecule has 0 atom stereocenters. The van der Waals surface area contributed by atoms with E-state index in [2.05, 4.69) is 15.9 Å². The second-order valence-corrected chi connectivity index (χ2v) is 2.72. The average Bonchev–Trinajstić information content (AvgIpc) is 1.88. The topological polar surface area (TPSA) is 35.2 Å². The molecule has 1 aromatic carbocycles. The highest BCUT2D eigenvalue weighted by atomic mass is 79.9. The number of nitrogens with two attached hydrogens (primary N) is 1. The lowest BCUT2D eigenvalue weighted by atomic mass is 10.3. The van der Waals surface area contributed by atoms with Crippen molar-refractivity contribution >= 4 is 34.0 Å². The molecule has 0 aliphatic rings. The SMILES string of the molecule is COc1c(N)cccc1Br.Cl. The molecule has 0 aliphatic heterocycles. The van der Waals surface area contributed by atoms with Crippen LogP contribution in [0.4, 0.5) is 5.69 Å². The third-order valence-electron chi connectivity index (χ3n) is 1.20. The van der Waals surface area contributed by atoms with Crippen LogP contribution >= 0.6 is 28.3 Å². The molecular formula is C7H9BrClNO. The fraction of sp³-hybridized carbons (Fsp3) is 0.143. The number of hydrogen-bond donors (Lipinski definition) is 1. The molecule has 2 N–H and O–H groups in total. The maximum Gasteiger partial charge on any atom is 0.155 e. The Morgan fingerprint density at radius 1 is 1.45 bits per heavy atom. The van der Waals surface area contributed by atoms with Crippen LogP contribution < -0.4 is 10.5 Å². The Hall–Kier alpha value is -0.410. The first-order valence-electron chi connectivity index (χ1n) is 2.83. The molecule has 4 heteroatoms. The van der Waals surface area contributed by atoms with Gasteiger partial charge in [-0.25, -0.2) is 0 Å². The third kappa shape index (κ3) is 2.27. The van der Waals surface area contributed by atoms with Crippen molar-refractivity contribution in [2.45, 2.75) is 0 Å². The highest BCUT2D eigenvalue weighted by Crippen LogP contribution is 2.29. The smallest absolute Gasteiger partial charge is 0.155 e. The lowest BCUT2D eigenvalue weighted by Crippen LogP contribution is -1.91. The summed E-state index contributed by atoms with van der Waals surface area (Å²) in [6, 6.07) is 5.54. The Labute approximate surface area is 80.3 Å². The van der Waals surface area contributed by atoms with Crippen LogP contribution in [0.15, 0.2) is 22.7 Å². The summed E-state index contributed by atoms with van der Waals surface area (Å²) in [5, 5.41) is 0. The zero-order valence-electron chi connectivity index (χ0n) is 6.00. The van der Waals surface area contributed by atoms with Crippen molar-refractivity contribution in [3.05, 3.63) is 22.7 Å². The molecule has 0 bridgehead atoms. The van der Waals surface area contributed by atoms with E-state index in [1.807, 2.05) is 12.1 Å². The lowest BCUT2D eigenvalue weighted by Gasteiger charge is -2.04. The second-order valence-electron chi connectivity index (χ2n) is 1.86. The monoisotopic (exact) mass is 237 g/mol. The summed E-state index contributed by atoms with van der Waals surface area (Å²) in [6.07, 6.45) is 0. The van der Waals surface area contributed by atoms with E-state index in [0.717, 1.165) is 4.47 Å². The number of methoxy groups -OCH3 is 1. The van der Waals surface area contributed by atoms with Crippen molar-refractivity contribution in [1.82, 2.24) is 0 Å². The molecule has 0 heterocycles. The highest BCUT2D eigenvalue weighted by Gasteiger charge is 2.00. The molecule has 0 fully saturated rings. The predicted molar refractivity (Wildman–Crippen MR) is 52.4 cm³/mol. The molecule has 0 radical (unpaired) electrons. The maximum atomic E-state index is 5.58. The minimum Gasteiger partial charge on any atom is -0.493 e. The van der Waals surface area contributed by atoms with Gasteiger partial charge in [-0.15, -0.1) is 12.4 Å². The van der Waals surface area contributed by atoms with E-state index in [0.29, 0.717) is 11.4 Å². The van der Waals surface area contributed by atoms with Crippen molar-refractivity contribution in [1.29, 1.82) is 0 Å². The summed E-state index contributed by atoms with van der Waals surface area (Å²) in [6.45, 7) is 0. The fourth-order valence-corrected chi connectivity index (χ4v) is 1.28. The molecule has 0 aromatic heterocycles. The maximum absolute atomic E-state index is 5.58. The minimum absolute atomic E-state index is 0. The van der Waals surface area contributed by atoms with Crippen LogP contribution in [0.3, 0.4) is 0 Å². The van der Waals surface area contributed by atoms with Crippen molar-refractivity contribution in [3.63, 3.8) is 0 Å². The summed E-state index contributed by atoms with van der Waals surface area (Å²) in [5.74, 6) is 0.697. The molecular weight excluding hydrogens is 229 g/mol. The quantitative estimate of drug-likeness (QED) is 0.763. The average molecular weight is 239 g/mol. The number of anilines is 1. The van der Waals surface area contributed by atoms with Gasteiger partial charge in [0.1, 0.15) is 0 Å². The number of ether oxygens (including phenoxy) is 1. The van der Waals surface area contributed by atoms with E-state index < -0.39 is 0 Å². The van der Waals surface area contributed by atoms with Crippen LogP contribution in [0, 0.1) is 0 Å². The number of nitrogen functional groups attached to an aromatic ring is 1. The van der Waals surface area contributed by atoms with E-state index in [-0.39, 0.29) is 12.4 Å². The molecule has 0 amide bonds. The second kappa shape index (κ2) is 4.46. The van der Waals surface area contributed by atoms with Crippen LogP contribution in [-0.2, 0) is 0 Å². The van der Waals surface area contributed by atoms with E-state index >= 15 is 0 Å². The van der Waals surface area contributed by atoms with Gasteiger partial charge in [0.2, 0.25) is 0 Å². The Morgan fingerprint density at radius 2 is 2.09 bits per heavy atom. The Kier molecular flexibility index (Phi) is 4.30. The highest BCUT2D eigenvalue weighted by molar-refractivity contribution is 9.10. The van der Waals surface area contributed by atoms with Gasteiger partial charge in [-0.3, -0.25) is 0 Å². The van der Waals surface area contributed by atoms with Gasteiger partial charge in [-0.1, -0.05) is 6.07 Å². The molecule has 0 saturated carbocycles. The van der Waals surface area contributed by atoms with Gasteiger partial charge in [0, 0.05) is 0 Å². The normalized spacial score (nSPS) is 8.55. The third-order valence-corrected chi connectivity index (χ3v) is 1.83. The van der Waals surface area contributed by atoms with Gasteiger partial charge in [-0.2, -0.15) is 0 Å². The first-order valence-corrected chi connectivity index (χ1v) is 3.63. The molecule has 0 spiro atoms. The predicted octanol–water partition coefficient (Wildman–Crippen LogP) is 2.46. The Balaban J connectivity index is 0.000001000. The van der Waals surface area contributed by atoms with Gasteiger partial charge in [-0.05, 0) is 28.1 Å². The first-order chi connectivity index (χ1) is 4.75. The van der Waals surface area contributed by atoms with Crippen molar-refractivity contribution in [3.8, 4) is 5.75 Å². The van der Waals surface area contributed by atoms with Gasteiger partial charge in [0.15, 0.2) is 5.75 Å². The molecule has 0 aliphatic carbocycles.